The summed E-state index contributed by atoms with van der Waals surface area (Å²) >= 11 is 1.78. The Balaban J connectivity index is 1.49. The normalized spacial score (nSPS) is 30.6. The zero-order chi connectivity index (χ0) is 13.1. The number of hydrogen-bond donors (Lipinski definition) is 1. The van der Waals surface area contributed by atoms with Crippen molar-refractivity contribution in [1.82, 2.24) is 9.88 Å². The lowest BCUT2D eigenvalue weighted by atomic mass is 9.87. The second-order valence-corrected chi connectivity index (χ2v) is 7.01. The van der Waals surface area contributed by atoms with Crippen molar-refractivity contribution in [2.24, 2.45) is 5.92 Å². The molecule has 1 aromatic rings. The van der Waals surface area contributed by atoms with Crippen LogP contribution in [0.5, 0.6) is 0 Å². The zero-order valence-electron chi connectivity index (χ0n) is 11.5. The van der Waals surface area contributed by atoms with Crippen LogP contribution in [-0.4, -0.2) is 40.2 Å². The Morgan fingerprint density at radius 3 is 2.68 bits per heavy atom. The molecule has 1 N–H and O–H groups in total. The Hall–Kier alpha value is -0.450. The molecular formula is C15H24N2OS. The summed E-state index contributed by atoms with van der Waals surface area (Å²) in [7, 11) is 0. The van der Waals surface area contributed by atoms with Crippen molar-refractivity contribution in [3.63, 3.8) is 0 Å². The molecule has 3 nitrogen and oxygen atoms in total. The van der Waals surface area contributed by atoms with Gasteiger partial charge in [-0.2, -0.15) is 0 Å². The van der Waals surface area contributed by atoms with Crippen LogP contribution in [-0.2, 0) is 6.42 Å². The maximum Gasteiger partial charge on any atom is 0.0927 e. The van der Waals surface area contributed by atoms with E-state index in [1.807, 2.05) is 6.20 Å². The fourth-order valence-corrected chi connectivity index (χ4v) is 4.34. The molecule has 19 heavy (non-hydrogen) atoms. The number of aliphatic hydroxyl groups is 1. The Morgan fingerprint density at radius 2 is 2.00 bits per heavy atom. The first-order valence-corrected chi connectivity index (χ1v) is 8.51. The summed E-state index contributed by atoms with van der Waals surface area (Å²) in [5, 5.41) is 13.5. The zero-order valence-corrected chi connectivity index (χ0v) is 12.3. The third-order valence-corrected chi connectivity index (χ3v) is 5.56. The molecule has 1 aliphatic heterocycles. The van der Waals surface area contributed by atoms with Gasteiger partial charge in [0.1, 0.15) is 0 Å². The number of rotatable bonds is 3. The van der Waals surface area contributed by atoms with E-state index in [1.165, 1.54) is 37.1 Å². The van der Waals surface area contributed by atoms with E-state index in [9.17, 15) is 5.11 Å². The third-order valence-electron chi connectivity index (χ3n) is 4.76. The van der Waals surface area contributed by atoms with Crippen molar-refractivity contribution in [3.8, 4) is 0 Å². The van der Waals surface area contributed by atoms with E-state index >= 15 is 0 Å². The number of likely N-dealkylation sites (tertiary alicyclic amines) is 1. The average Bonchev–Trinajstić information content (AvgIpc) is 2.93. The van der Waals surface area contributed by atoms with Crippen molar-refractivity contribution in [1.29, 1.82) is 0 Å². The summed E-state index contributed by atoms with van der Waals surface area (Å²) in [5.41, 5.74) is 0. The van der Waals surface area contributed by atoms with E-state index in [2.05, 4.69) is 15.3 Å². The topological polar surface area (TPSA) is 36.4 Å². The van der Waals surface area contributed by atoms with E-state index in [0.717, 1.165) is 31.8 Å². The van der Waals surface area contributed by atoms with Gasteiger partial charge in [0.2, 0.25) is 0 Å². The van der Waals surface area contributed by atoms with Gasteiger partial charge in [-0.15, -0.1) is 11.3 Å². The van der Waals surface area contributed by atoms with Crippen molar-refractivity contribution >= 4 is 11.3 Å². The van der Waals surface area contributed by atoms with Gasteiger partial charge in [-0.05, 0) is 44.7 Å². The quantitative estimate of drug-likeness (QED) is 0.925. The van der Waals surface area contributed by atoms with E-state index < -0.39 is 0 Å². The number of piperidine rings is 1. The molecule has 106 valence electrons. The van der Waals surface area contributed by atoms with Crippen molar-refractivity contribution in [2.75, 3.05) is 13.1 Å². The summed E-state index contributed by atoms with van der Waals surface area (Å²) in [6.07, 6.45) is 10.2. The number of nitrogens with zero attached hydrogens (tertiary/aromatic N) is 2. The van der Waals surface area contributed by atoms with E-state index in [-0.39, 0.29) is 6.10 Å². The lowest BCUT2D eigenvalue weighted by Crippen LogP contribution is -2.48. The van der Waals surface area contributed by atoms with E-state index in [4.69, 9.17) is 0 Å². The molecule has 0 unspecified atom stereocenters. The number of aliphatic hydroxyl groups excluding tert-OH is 1. The molecule has 1 saturated carbocycles. The lowest BCUT2D eigenvalue weighted by molar-refractivity contribution is 0.00406. The van der Waals surface area contributed by atoms with Crippen LogP contribution in [0.3, 0.4) is 0 Å². The van der Waals surface area contributed by atoms with Gasteiger partial charge >= 0.3 is 0 Å². The summed E-state index contributed by atoms with van der Waals surface area (Å²) in [6.45, 7) is 2.33. The minimum atomic E-state index is -0.0794. The van der Waals surface area contributed by atoms with Crippen LogP contribution in [0.15, 0.2) is 11.6 Å². The molecule has 3 rings (SSSR count). The Bertz CT molecular complexity index is 374. The smallest absolute Gasteiger partial charge is 0.0927 e. The summed E-state index contributed by atoms with van der Waals surface area (Å²) in [5.74, 6) is 0.795. The molecular weight excluding hydrogens is 256 g/mol. The number of hydrogen-bond acceptors (Lipinski definition) is 4. The van der Waals surface area contributed by atoms with Gasteiger partial charge in [-0.25, -0.2) is 4.98 Å². The lowest BCUT2D eigenvalue weighted by Gasteiger charge is -2.41. The van der Waals surface area contributed by atoms with Gasteiger partial charge in [0, 0.05) is 24.0 Å². The minimum absolute atomic E-state index is 0.0794. The van der Waals surface area contributed by atoms with Crippen molar-refractivity contribution in [3.05, 3.63) is 16.6 Å². The highest BCUT2D eigenvalue weighted by molar-refractivity contribution is 7.09. The van der Waals surface area contributed by atoms with Crippen LogP contribution in [0.1, 0.15) is 43.5 Å². The van der Waals surface area contributed by atoms with Crippen LogP contribution in [0, 0.1) is 5.92 Å². The predicted octanol–water partition coefficient (Wildman–Crippen LogP) is 2.70. The molecule has 2 heterocycles. The molecule has 0 amide bonds. The van der Waals surface area contributed by atoms with Crippen LogP contribution >= 0.6 is 11.3 Å². The first kappa shape index (κ1) is 13.5. The maximum atomic E-state index is 10.1. The Labute approximate surface area is 119 Å². The highest BCUT2D eigenvalue weighted by atomic mass is 32.1. The summed E-state index contributed by atoms with van der Waals surface area (Å²) < 4.78 is 0. The second kappa shape index (κ2) is 6.33. The van der Waals surface area contributed by atoms with Gasteiger partial charge < -0.3 is 5.11 Å². The number of aromatic nitrogens is 1. The second-order valence-electron chi connectivity index (χ2n) is 6.03. The molecule has 2 fully saturated rings. The molecule has 0 spiro atoms. The Kier molecular flexibility index (Phi) is 4.51. The van der Waals surface area contributed by atoms with Gasteiger partial charge in [0.15, 0.2) is 0 Å². The van der Waals surface area contributed by atoms with Crippen molar-refractivity contribution < 1.29 is 5.11 Å². The van der Waals surface area contributed by atoms with Crippen LogP contribution in [0.25, 0.3) is 0 Å². The first-order valence-electron chi connectivity index (χ1n) is 7.63. The summed E-state index contributed by atoms with van der Waals surface area (Å²) in [4.78, 5) is 6.94. The van der Waals surface area contributed by atoms with Gasteiger partial charge in [-0.1, -0.05) is 12.8 Å². The van der Waals surface area contributed by atoms with Gasteiger partial charge in [-0.3, -0.25) is 4.90 Å². The van der Waals surface area contributed by atoms with E-state index in [1.54, 1.807) is 11.3 Å². The SMILES string of the molecule is O[C@H]1CCCC[C@H]1N1CCC(Cc2nccs2)CC1. The molecule has 4 heteroatoms. The van der Waals surface area contributed by atoms with Crippen LogP contribution in [0.2, 0.25) is 0 Å². The molecule has 1 saturated heterocycles. The van der Waals surface area contributed by atoms with E-state index in [0.29, 0.717) is 6.04 Å². The molecule has 0 bridgehead atoms. The minimum Gasteiger partial charge on any atom is -0.391 e. The highest BCUT2D eigenvalue weighted by Crippen LogP contribution is 2.29. The van der Waals surface area contributed by atoms with Crippen LogP contribution < -0.4 is 0 Å². The van der Waals surface area contributed by atoms with Crippen LogP contribution in [0.4, 0.5) is 0 Å². The van der Waals surface area contributed by atoms with Gasteiger partial charge in [0.25, 0.3) is 0 Å². The summed E-state index contributed by atoms with van der Waals surface area (Å²) in [6, 6.07) is 0.439. The monoisotopic (exact) mass is 280 g/mol. The fourth-order valence-electron chi connectivity index (χ4n) is 3.61. The molecule has 2 aliphatic rings. The third kappa shape index (κ3) is 3.36. The maximum absolute atomic E-state index is 10.1. The predicted molar refractivity (Wildman–Crippen MR) is 78.4 cm³/mol. The first-order chi connectivity index (χ1) is 9.33. The average molecular weight is 280 g/mol. The highest BCUT2D eigenvalue weighted by Gasteiger charge is 2.31. The number of thiazole rings is 1. The molecule has 2 atom stereocenters. The molecule has 0 aromatic carbocycles. The fraction of sp³-hybridized carbons (Fsp3) is 0.800. The molecule has 1 aromatic heterocycles. The standard InChI is InChI=1S/C15H24N2OS/c18-14-4-2-1-3-13(14)17-8-5-12(6-9-17)11-15-16-7-10-19-15/h7,10,12-14,18H,1-6,8-9,11H2/t13-,14+/m1/s1. The molecule has 0 radical (unpaired) electrons. The largest absolute Gasteiger partial charge is 0.391 e. The van der Waals surface area contributed by atoms with Gasteiger partial charge in [0.05, 0.1) is 11.1 Å². The van der Waals surface area contributed by atoms with Crippen molar-refractivity contribution in [2.45, 2.75) is 57.1 Å². The Morgan fingerprint density at radius 1 is 1.21 bits per heavy atom. The molecule has 1 aliphatic carbocycles.